The summed E-state index contributed by atoms with van der Waals surface area (Å²) in [5.41, 5.74) is 0.652. The van der Waals surface area contributed by atoms with Gasteiger partial charge in [-0.05, 0) is 41.3 Å². The smallest absolute Gasteiger partial charge is 0.255 e. The lowest BCUT2D eigenvalue weighted by molar-refractivity contribution is 0.0651. The largest absolute Gasteiger partial charge is 0.339 e. The average molecular weight is 269 g/mol. The van der Waals surface area contributed by atoms with E-state index in [1.54, 1.807) is 12.4 Å². The molecule has 0 atom stereocenters. The highest BCUT2D eigenvalue weighted by atomic mass is 79.9. The van der Waals surface area contributed by atoms with Crippen molar-refractivity contribution >= 4 is 21.8 Å². The minimum atomic E-state index is 0.0634. The van der Waals surface area contributed by atoms with E-state index in [0.29, 0.717) is 11.6 Å². The zero-order chi connectivity index (χ0) is 10.8. The van der Waals surface area contributed by atoms with E-state index in [1.165, 1.54) is 6.42 Å². The Balaban J connectivity index is 2.12. The summed E-state index contributed by atoms with van der Waals surface area (Å²) in [6.07, 6.45) is 6.79. The van der Waals surface area contributed by atoms with E-state index >= 15 is 0 Å². The molecular formula is C11H13BrN2O. The van der Waals surface area contributed by atoms with Crippen LogP contribution in [0.5, 0.6) is 0 Å². The molecule has 0 N–H and O–H groups in total. The van der Waals surface area contributed by atoms with Gasteiger partial charge in [0.2, 0.25) is 0 Å². The van der Waals surface area contributed by atoms with Crippen LogP contribution in [-0.4, -0.2) is 28.9 Å². The molecule has 0 bridgehead atoms. The molecule has 0 unspecified atom stereocenters. The lowest BCUT2D eigenvalue weighted by Crippen LogP contribution is -2.41. The van der Waals surface area contributed by atoms with Crippen LogP contribution in [0.25, 0.3) is 0 Å². The Hall–Kier alpha value is -0.900. The number of hydrogen-bond acceptors (Lipinski definition) is 2. The summed E-state index contributed by atoms with van der Waals surface area (Å²) >= 11 is 3.31. The number of aromatic nitrogens is 1. The minimum Gasteiger partial charge on any atom is -0.339 e. The Morgan fingerprint density at radius 2 is 2.27 bits per heavy atom. The van der Waals surface area contributed by atoms with Gasteiger partial charge in [-0.3, -0.25) is 9.78 Å². The zero-order valence-corrected chi connectivity index (χ0v) is 10.2. The molecule has 2 rings (SSSR count). The molecule has 1 heterocycles. The van der Waals surface area contributed by atoms with Gasteiger partial charge in [0.15, 0.2) is 0 Å². The Kier molecular flexibility index (Phi) is 3.05. The number of nitrogens with zero attached hydrogens (tertiary/aromatic N) is 2. The second-order valence-corrected chi connectivity index (χ2v) is 4.81. The van der Waals surface area contributed by atoms with Crippen LogP contribution in [0.15, 0.2) is 22.9 Å². The van der Waals surface area contributed by atoms with Crippen LogP contribution >= 0.6 is 15.9 Å². The molecule has 0 aliphatic heterocycles. The van der Waals surface area contributed by atoms with Crippen molar-refractivity contribution < 1.29 is 4.79 Å². The van der Waals surface area contributed by atoms with Crippen LogP contribution in [0.1, 0.15) is 29.6 Å². The van der Waals surface area contributed by atoms with E-state index in [-0.39, 0.29) is 5.91 Å². The van der Waals surface area contributed by atoms with Crippen molar-refractivity contribution in [3.8, 4) is 0 Å². The first-order valence-corrected chi connectivity index (χ1v) is 5.85. The molecule has 1 fully saturated rings. The van der Waals surface area contributed by atoms with Crippen molar-refractivity contribution in [1.82, 2.24) is 9.88 Å². The first-order chi connectivity index (χ1) is 7.18. The third-order valence-electron chi connectivity index (χ3n) is 2.89. The second-order valence-electron chi connectivity index (χ2n) is 3.89. The molecule has 3 nitrogen and oxygen atoms in total. The van der Waals surface area contributed by atoms with E-state index in [4.69, 9.17) is 0 Å². The minimum absolute atomic E-state index is 0.0634. The van der Waals surface area contributed by atoms with Gasteiger partial charge in [-0.2, -0.15) is 0 Å². The molecule has 0 aromatic carbocycles. The number of carbonyl (C=O) groups is 1. The summed E-state index contributed by atoms with van der Waals surface area (Å²) in [7, 11) is 1.87. The monoisotopic (exact) mass is 268 g/mol. The topological polar surface area (TPSA) is 33.2 Å². The van der Waals surface area contributed by atoms with E-state index in [2.05, 4.69) is 20.9 Å². The van der Waals surface area contributed by atoms with Crippen molar-refractivity contribution in [2.24, 2.45) is 0 Å². The molecule has 1 aromatic rings. The van der Waals surface area contributed by atoms with Crippen molar-refractivity contribution in [3.05, 3.63) is 28.5 Å². The van der Waals surface area contributed by atoms with Crippen LogP contribution in [0.2, 0.25) is 0 Å². The summed E-state index contributed by atoms with van der Waals surface area (Å²) in [6.45, 7) is 0. The summed E-state index contributed by atoms with van der Waals surface area (Å²) in [4.78, 5) is 17.8. The third kappa shape index (κ3) is 2.20. The Labute approximate surface area is 97.6 Å². The van der Waals surface area contributed by atoms with Crippen molar-refractivity contribution in [3.63, 3.8) is 0 Å². The molecule has 1 aromatic heterocycles. The maximum atomic E-state index is 12.0. The van der Waals surface area contributed by atoms with Crippen molar-refractivity contribution in [2.45, 2.75) is 25.3 Å². The fraction of sp³-hybridized carbons (Fsp3) is 0.455. The highest BCUT2D eigenvalue weighted by molar-refractivity contribution is 9.10. The highest BCUT2D eigenvalue weighted by Crippen LogP contribution is 2.25. The lowest BCUT2D eigenvalue weighted by atomic mass is 9.91. The molecule has 80 valence electrons. The van der Waals surface area contributed by atoms with Gasteiger partial charge in [0.05, 0.1) is 5.56 Å². The average Bonchev–Trinajstić information content (AvgIpc) is 2.14. The molecule has 1 aliphatic carbocycles. The molecule has 1 aliphatic rings. The van der Waals surface area contributed by atoms with E-state index in [1.807, 2.05) is 18.0 Å². The van der Waals surface area contributed by atoms with Gasteiger partial charge in [0.1, 0.15) is 0 Å². The van der Waals surface area contributed by atoms with Crippen LogP contribution in [-0.2, 0) is 0 Å². The van der Waals surface area contributed by atoms with Gasteiger partial charge >= 0.3 is 0 Å². The van der Waals surface area contributed by atoms with E-state index < -0.39 is 0 Å². The third-order valence-corrected chi connectivity index (χ3v) is 3.33. The normalized spacial score (nSPS) is 15.9. The lowest BCUT2D eigenvalue weighted by Gasteiger charge is -2.34. The van der Waals surface area contributed by atoms with Crippen LogP contribution in [0.4, 0.5) is 0 Å². The number of carbonyl (C=O) groups excluding carboxylic acids is 1. The molecular weight excluding hydrogens is 256 g/mol. The molecule has 1 saturated carbocycles. The van der Waals surface area contributed by atoms with Gasteiger partial charge in [0.25, 0.3) is 5.91 Å². The number of hydrogen-bond donors (Lipinski definition) is 0. The maximum absolute atomic E-state index is 12.0. The van der Waals surface area contributed by atoms with Gasteiger partial charge in [-0.15, -0.1) is 0 Å². The van der Waals surface area contributed by atoms with Gasteiger partial charge in [0, 0.05) is 30.0 Å². The molecule has 4 heteroatoms. The highest BCUT2D eigenvalue weighted by Gasteiger charge is 2.26. The van der Waals surface area contributed by atoms with Crippen LogP contribution in [0.3, 0.4) is 0 Å². The number of rotatable bonds is 2. The number of pyridine rings is 1. The number of halogens is 1. The quantitative estimate of drug-likeness (QED) is 0.826. The molecule has 0 spiro atoms. The Morgan fingerprint density at radius 3 is 2.80 bits per heavy atom. The SMILES string of the molecule is CN(C(=O)c1cncc(Br)c1)C1CCC1. The molecule has 0 saturated heterocycles. The molecule has 1 amide bonds. The van der Waals surface area contributed by atoms with E-state index in [9.17, 15) is 4.79 Å². The van der Waals surface area contributed by atoms with Gasteiger partial charge in [-0.25, -0.2) is 0 Å². The first kappa shape index (κ1) is 10.6. The maximum Gasteiger partial charge on any atom is 0.255 e. The predicted molar refractivity (Wildman–Crippen MR) is 61.7 cm³/mol. The summed E-state index contributed by atoms with van der Waals surface area (Å²) < 4.78 is 0.843. The van der Waals surface area contributed by atoms with Gasteiger partial charge < -0.3 is 4.90 Å². The summed E-state index contributed by atoms with van der Waals surface area (Å²) in [6, 6.07) is 2.24. The van der Waals surface area contributed by atoms with Gasteiger partial charge in [-0.1, -0.05) is 0 Å². The van der Waals surface area contributed by atoms with Crippen molar-refractivity contribution in [2.75, 3.05) is 7.05 Å². The fourth-order valence-electron chi connectivity index (χ4n) is 1.67. The molecule has 15 heavy (non-hydrogen) atoms. The standard InChI is InChI=1S/C11H13BrN2O/c1-14(10-3-2-4-10)11(15)8-5-9(12)7-13-6-8/h5-7,10H,2-4H2,1H3. The predicted octanol–water partition coefficient (Wildman–Crippen LogP) is 2.47. The Morgan fingerprint density at radius 1 is 1.53 bits per heavy atom. The second kappa shape index (κ2) is 4.31. The molecule has 0 radical (unpaired) electrons. The zero-order valence-electron chi connectivity index (χ0n) is 8.61. The first-order valence-electron chi connectivity index (χ1n) is 5.06. The van der Waals surface area contributed by atoms with Crippen LogP contribution in [0, 0.1) is 0 Å². The van der Waals surface area contributed by atoms with Crippen LogP contribution < -0.4 is 0 Å². The van der Waals surface area contributed by atoms with Crippen molar-refractivity contribution in [1.29, 1.82) is 0 Å². The van der Waals surface area contributed by atoms with E-state index in [0.717, 1.165) is 17.3 Å². The summed E-state index contributed by atoms with van der Waals surface area (Å²) in [5, 5.41) is 0. The number of amides is 1. The summed E-state index contributed by atoms with van der Waals surface area (Å²) in [5.74, 6) is 0.0634. The Bertz CT molecular complexity index is 377. The fourth-order valence-corrected chi connectivity index (χ4v) is 2.04.